The van der Waals surface area contributed by atoms with Gasteiger partial charge in [0.1, 0.15) is 23.1 Å². The minimum atomic E-state index is -0.620. The molecule has 0 aliphatic carbocycles. The lowest BCUT2D eigenvalue weighted by molar-refractivity contribution is -0.384. The predicted molar refractivity (Wildman–Crippen MR) is 111 cm³/mol. The van der Waals surface area contributed by atoms with Gasteiger partial charge in [-0.3, -0.25) is 20.2 Å². The van der Waals surface area contributed by atoms with Crippen LogP contribution in [0.1, 0.15) is 17.2 Å². The Labute approximate surface area is 176 Å². The van der Waals surface area contributed by atoms with E-state index in [0.717, 1.165) is 0 Å². The van der Waals surface area contributed by atoms with E-state index >= 15 is 0 Å². The number of methoxy groups -OCH3 is 1. The molecule has 0 heterocycles. The topological polar surface area (TPSA) is 93.5 Å². The predicted octanol–water partition coefficient (Wildman–Crippen LogP) is 4.20. The first-order valence-electron chi connectivity index (χ1n) is 9.24. The molecule has 2 N–H and O–H groups in total. The maximum atomic E-state index is 13.3. The van der Waals surface area contributed by atoms with E-state index in [1.165, 1.54) is 49.6 Å². The zero-order valence-corrected chi connectivity index (χ0v) is 16.5. The van der Waals surface area contributed by atoms with Crippen LogP contribution in [0.3, 0.4) is 0 Å². The number of carbonyl (C=O) groups is 1. The van der Waals surface area contributed by atoms with E-state index in [4.69, 9.17) is 4.74 Å². The molecule has 1 amide bonds. The summed E-state index contributed by atoms with van der Waals surface area (Å²) in [6, 6.07) is 14.9. The third kappa shape index (κ3) is 5.61. The molecule has 0 aromatic heterocycles. The fourth-order valence-electron chi connectivity index (χ4n) is 3.02. The molecule has 7 nitrogen and oxygen atoms in total. The van der Waals surface area contributed by atoms with Crippen LogP contribution in [0.2, 0.25) is 0 Å². The number of hydrogen-bond acceptors (Lipinski definition) is 5. The summed E-state index contributed by atoms with van der Waals surface area (Å²) in [4.78, 5) is 23.1. The lowest BCUT2D eigenvalue weighted by Crippen LogP contribution is -2.32. The molecule has 9 heteroatoms. The van der Waals surface area contributed by atoms with Gasteiger partial charge in [0.2, 0.25) is 5.91 Å². The highest BCUT2D eigenvalue weighted by Crippen LogP contribution is 2.29. The summed E-state index contributed by atoms with van der Waals surface area (Å²) in [7, 11) is 1.38. The normalized spacial score (nSPS) is 10.7. The van der Waals surface area contributed by atoms with Gasteiger partial charge in [-0.25, -0.2) is 8.78 Å². The average Bonchev–Trinajstić information content (AvgIpc) is 2.76. The zero-order valence-electron chi connectivity index (χ0n) is 16.5. The molecule has 0 radical (unpaired) electrons. The van der Waals surface area contributed by atoms with E-state index in [-0.39, 0.29) is 23.7 Å². The number of hydrogen-bond donors (Lipinski definition) is 2. The van der Waals surface area contributed by atoms with Crippen molar-refractivity contribution in [1.82, 2.24) is 5.32 Å². The number of carbonyl (C=O) groups excluding carboxylic acids is 1. The Bertz CT molecular complexity index is 1030. The first-order valence-corrected chi connectivity index (χ1v) is 9.24. The molecule has 0 spiro atoms. The van der Waals surface area contributed by atoms with Crippen LogP contribution in [0, 0.1) is 21.7 Å². The number of rotatable bonds is 8. The molecule has 0 saturated heterocycles. The van der Waals surface area contributed by atoms with Crippen LogP contribution in [0.5, 0.6) is 5.75 Å². The van der Waals surface area contributed by atoms with Crippen LogP contribution in [-0.2, 0) is 4.79 Å². The highest BCUT2D eigenvalue weighted by atomic mass is 19.1. The number of halogens is 2. The first kappa shape index (κ1) is 21.8. The number of nitrogens with zero attached hydrogens (tertiary/aromatic N) is 1. The number of nitro benzene ring substituents is 1. The maximum absolute atomic E-state index is 13.3. The largest absolute Gasteiger partial charge is 0.496 e. The Morgan fingerprint density at radius 1 is 1.00 bits per heavy atom. The van der Waals surface area contributed by atoms with Crippen LogP contribution < -0.4 is 15.4 Å². The Hall–Kier alpha value is -3.85. The quantitative estimate of drug-likeness (QED) is 0.415. The fourth-order valence-corrected chi connectivity index (χ4v) is 3.02. The van der Waals surface area contributed by atoms with Crippen molar-refractivity contribution in [3.05, 3.63) is 99.6 Å². The van der Waals surface area contributed by atoms with Crippen molar-refractivity contribution in [1.29, 1.82) is 0 Å². The molecular formula is C22H19F2N3O4. The molecule has 3 rings (SSSR count). The Morgan fingerprint density at radius 3 is 2.03 bits per heavy atom. The van der Waals surface area contributed by atoms with E-state index in [0.29, 0.717) is 11.1 Å². The van der Waals surface area contributed by atoms with Crippen molar-refractivity contribution in [2.75, 3.05) is 19.0 Å². The summed E-state index contributed by atoms with van der Waals surface area (Å²) in [6.45, 7) is -0.206. The molecule has 0 saturated carbocycles. The van der Waals surface area contributed by atoms with Gasteiger partial charge >= 0.3 is 0 Å². The third-order valence-corrected chi connectivity index (χ3v) is 4.55. The number of nitrogens with one attached hydrogen (secondary N) is 2. The number of anilines is 1. The van der Waals surface area contributed by atoms with Crippen LogP contribution in [-0.4, -0.2) is 24.5 Å². The second-order valence-electron chi connectivity index (χ2n) is 6.61. The Balaban J connectivity index is 1.77. The first-order chi connectivity index (χ1) is 14.9. The van der Waals surface area contributed by atoms with E-state index in [1.807, 2.05) is 0 Å². The van der Waals surface area contributed by atoms with Crippen molar-refractivity contribution in [2.45, 2.75) is 6.04 Å². The van der Waals surface area contributed by atoms with Crippen molar-refractivity contribution in [2.24, 2.45) is 0 Å². The van der Waals surface area contributed by atoms with E-state index in [9.17, 15) is 23.7 Å². The number of amides is 1. The molecule has 0 aliphatic heterocycles. The summed E-state index contributed by atoms with van der Waals surface area (Å²) in [5.41, 5.74) is 1.05. The monoisotopic (exact) mass is 427 g/mol. The Morgan fingerprint density at radius 2 is 1.55 bits per heavy atom. The van der Waals surface area contributed by atoms with E-state index in [1.54, 1.807) is 24.3 Å². The van der Waals surface area contributed by atoms with Gasteiger partial charge in [0.15, 0.2) is 0 Å². The highest BCUT2D eigenvalue weighted by molar-refractivity contribution is 5.94. The van der Waals surface area contributed by atoms with Gasteiger partial charge in [-0.1, -0.05) is 24.3 Å². The minimum absolute atomic E-state index is 0.0257. The van der Waals surface area contributed by atoms with Crippen molar-refractivity contribution < 1.29 is 23.2 Å². The molecule has 0 atom stereocenters. The lowest BCUT2D eigenvalue weighted by Gasteiger charge is -2.20. The maximum Gasteiger partial charge on any atom is 0.296 e. The number of nitro groups is 1. The standard InChI is InChI=1S/C22H19F2N3O4/c1-31-18-10-11-19(20(12-18)27(29)30)26-21(28)13-25-22(14-2-6-16(23)7-3-14)15-4-8-17(24)9-5-15/h2-12,22,25H,13H2,1H3,(H,26,28). The second kappa shape index (κ2) is 9.77. The van der Waals surface area contributed by atoms with Gasteiger partial charge in [0.05, 0.1) is 30.7 Å². The molecule has 0 aliphatic rings. The van der Waals surface area contributed by atoms with Gasteiger partial charge in [0, 0.05) is 0 Å². The van der Waals surface area contributed by atoms with Gasteiger partial charge in [0.25, 0.3) is 5.69 Å². The summed E-state index contributed by atoms with van der Waals surface area (Å²) in [5.74, 6) is -1.06. The van der Waals surface area contributed by atoms with Gasteiger partial charge in [-0.05, 0) is 47.5 Å². The van der Waals surface area contributed by atoms with Crippen molar-refractivity contribution in [3.63, 3.8) is 0 Å². The molecule has 0 fully saturated rings. The molecule has 31 heavy (non-hydrogen) atoms. The highest BCUT2D eigenvalue weighted by Gasteiger charge is 2.19. The van der Waals surface area contributed by atoms with Gasteiger partial charge < -0.3 is 10.1 Å². The van der Waals surface area contributed by atoms with Crippen LogP contribution in [0.25, 0.3) is 0 Å². The summed E-state index contributed by atoms with van der Waals surface area (Å²) in [5, 5.41) is 16.8. The van der Waals surface area contributed by atoms with Crippen molar-refractivity contribution >= 4 is 17.3 Å². The number of ether oxygens (including phenoxy) is 1. The summed E-state index contributed by atoms with van der Waals surface area (Å²) < 4.78 is 31.6. The smallest absolute Gasteiger partial charge is 0.296 e. The lowest BCUT2D eigenvalue weighted by atomic mass is 9.98. The molecule has 0 bridgehead atoms. The molecule has 160 valence electrons. The van der Waals surface area contributed by atoms with E-state index in [2.05, 4.69) is 10.6 Å². The van der Waals surface area contributed by atoms with Gasteiger partial charge in [-0.15, -0.1) is 0 Å². The van der Waals surface area contributed by atoms with Gasteiger partial charge in [-0.2, -0.15) is 0 Å². The molecule has 3 aromatic carbocycles. The minimum Gasteiger partial charge on any atom is -0.496 e. The summed E-state index contributed by atoms with van der Waals surface area (Å²) >= 11 is 0. The zero-order chi connectivity index (χ0) is 22.4. The fraction of sp³-hybridized carbons (Fsp3) is 0.136. The number of benzene rings is 3. The summed E-state index contributed by atoms with van der Waals surface area (Å²) in [6.07, 6.45) is 0. The second-order valence-corrected chi connectivity index (χ2v) is 6.61. The third-order valence-electron chi connectivity index (χ3n) is 4.55. The van der Waals surface area contributed by atoms with Crippen LogP contribution in [0.15, 0.2) is 66.7 Å². The molecular weight excluding hydrogens is 408 g/mol. The average molecular weight is 427 g/mol. The molecule has 3 aromatic rings. The Kier molecular flexibility index (Phi) is 6.88. The van der Waals surface area contributed by atoms with Crippen molar-refractivity contribution in [3.8, 4) is 5.75 Å². The molecule has 0 unspecified atom stereocenters. The van der Waals surface area contributed by atoms with E-state index < -0.39 is 28.5 Å². The van der Waals surface area contributed by atoms with Crippen LogP contribution in [0.4, 0.5) is 20.2 Å². The SMILES string of the molecule is COc1ccc(NC(=O)CNC(c2ccc(F)cc2)c2ccc(F)cc2)c([N+](=O)[O-])c1. The van der Waals surface area contributed by atoms with Crippen LogP contribution >= 0.6 is 0 Å².